The van der Waals surface area contributed by atoms with E-state index in [1.54, 1.807) is 0 Å². The van der Waals surface area contributed by atoms with Crippen LogP contribution in [0, 0.1) is 0 Å². The Hall–Kier alpha value is -2.43. The molecule has 0 unspecified atom stereocenters. The molecule has 3 amide bonds. The highest BCUT2D eigenvalue weighted by molar-refractivity contribution is 9.10. The van der Waals surface area contributed by atoms with Gasteiger partial charge in [0.05, 0.1) is 0 Å². The summed E-state index contributed by atoms with van der Waals surface area (Å²) in [7, 11) is 2.85. The van der Waals surface area contributed by atoms with Crippen molar-refractivity contribution < 1.29 is 9.59 Å². The molecule has 1 aliphatic rings. The molecule has 0 atom stereocenters. The third kappa shape index (κ3) is 2.27. The van der Waals surface area contributed by atoms with E-state index in [4.69, 9.17) is 0 Å². The van der Waals surface area contributed by atoms with Gasteiger partial charge in [-0.15, -0.1) is 0 Å². The molecule has 23 heavy (non-hydrogen) atoms. The Balaban J connectivity index is 2.13. The van der Waals surface area contributed by atoms with Gasteiger partial charge < -0.3 is 5.32 Å². The average Bonchev–Trinajstić information content (AvgIpc) is 3.07. The first-order valence-corrected chi connectivity index (χ1v) is 7.52. The van der Waals surface area contributed by atoms with Crippen molar-refractivity contribution in [3.63, 3.8) is 0 Å². The molecule has 0 aromatic carbocycles. The number of carbonyl (C=O) groups is 2. The molecule has 1 aliphatic heterocycles. The number of aryl methyl sites for hydroxylation is 1. The third-order valence-electron chi connectivity index (χ3n) is 3.74. The standard InChI is InChI=1S/C12H13BrN6O4/c1-16-8-7(9(21)17(2)12(16)23)15-10(13)19(8)5-6(20)18-4-3-14-11(18)22/h3-5H2,1-2H3,(H,14,22). The van der Waals surface area contributed by atoms with Crippen molar-refractivity contribution in [2.24, 2.45) is 14.1 Å². The minimum atomic E-state index is -0.547. The number of hydrogen-bond acceptors (Lipinski definition) is 5. The fraction of sp³-hybridized carbons (Fsp3) is 0.417. The predicted molar refractivity (Wildman–Crippen MR) is 83.0 cm³/mol. The number of hydrogen-bond donors (Lipinski definition) is 1. The number of carbonyl (C=O) groups excluding carboxylic acids is 2. The number of nitrogens with one attached hydrogen (secondary N) is 1. The fourth-order valence-electron chi connectivity index (χ4n) is 2.53. The highest BCUT2D eigenvalue weighted by Gasteiger charge is 2.28. The van der Waals surface area contributed by atoms with E-state index in [-0.39, 0.29) is 29.0 Å². The summed E-state index contributed by atoms with van der Waals surface area (Å²) < 4.78 is 3.82. The van der Waals surface area contributed by atoms with Crippen LogP contribution in [-0.4, -0.2) is 48.6 Å². The van der Waals surface area contributed by atoms with Crippen molar-refractivity contribution in [2.45, 2.75) is 6.54 Å². The number of urea groups is 1. The van der Waals surface area contributed by atoms with Crippen LogP contribution in [0.25, 0.3) is 11.2 Å². The van der Waals surface area contributed by atoms with Crippen LogP contribution in [0.2, 0.25) is 0 Å². The summed E-state index contributed by atoms with van der Waals surface area (Å²) in [6.45, 7) is 0.461. The first-order valence-electron chi connectivity index (χ1n) is 6.73. The lowest BCUT2D eigenvalue weighted by atomic mass is 10.4. The number of fused-ring (bicyclic) bond motifs is 1. The molecule has 122 valence electrons. The zero-order chi connectivity index (χ0) is 16.9. The molecule has 2 aromatic rings. The Morgan fingerprint density at radius 1 is 1.26 bits per heavy atom. The maximum Gasteiger partial charge on any atom is 0.332 e. The average molecular weight is 385 g/mol. The number of nitrogens with zero attached hydrogens (tertiary/aromatic N) is 5. The van der Waals surface area contributed by atoms with Crippen molar-refractivity contribution in [2.75, 3.05) is 13.1 Å². The van der Waals surface area contributed by atoms with Gasteiger partial charge in [-0.05, 0) is 15.9 Å². The summed E-state index contributed by atoms with van der Waals surface area (Å²) >= 11 is 3.20. The van der Waals surface area contributed by atoms with E-state index in [0.29, 0.717) is 6.54 Å². The van der Waals surface area contributed by atoms with Crippen LogP contribution in [-0.2, 0) is 25.4 Å². The SMILES string of the molecule is Cn1c(=O)c2nc(Br)n(CC(=O)N3CCNC3=O)c2n(C)c1=O. The van der Waals surface area contributed by atoms with Crippen molar-refractivity contribution in [1.82, 2.24) is 28.9 Å². The molecule has 1 saturated heterocycles. The first-order chi connectivity index (χ1) is 10.8. The molecule has 0 radical (unpaired) electrons. The smallest absolute Gasteiger partial charge is 0.332 e. The topological polar surface area (TPSA) is 111 Å². The van der Waals surface area contributed by atoms with E-state index in [0.717, 1.165) is 9.47 Å². The minimum absolute atomic E-state index is 0.0696. The molecule has 3 heterocycles. The fourth-order valence-corrected chi connectivity index (χ4v) is 3.00. The van der Waals surface area contributed by atoms with Crippen LogP contribution < -0.4 is 16.6 Å². The molecule has 1 fully saturated rings. The van der Waals surface area contributed by atoms with Crippen LogP contribution in [0.15, 0.2) is 14.3 Å². The third-order valence-corrected chi connectivity index (χ3v) is 4.35. The minimum Gasteiger partial charge on any atom is -0.336 e. The van der Waals surface area contributed by atoms with Crippen molar-refractivity contribution in [3.05, 3.63) is 25.6 Å². The molecule has 3 rings (SSSR count). The van der Waals surface area contributed by atoms with E-state index in [9.17, 15) is 19.2 Å². The summed E-state index contributed by atoms with van der Waals surface area (Å²) in [5.41, 5.74) is -0.783. The Morgan fingerprint density at radius 2 is 1.96 bits per heavy atom. The van der Waals surface area contributed by atoms with Gasteiger partial charge in [0, 0.05) is 27.2 Å². The molecular formula is C12H13BrN6O4. The number of halogens is 1. The maximum atomic E-state index is 12.3. The van der Waals surface area contributed by atoms with Gasteiger partial charge >= 0.3 is 11.7 Å². The Labute approximate surface area is 137 Å². The van der Waals surface area contributed by atoms with Crippen LogP contribution in [0.4, 0.5) is 4.79 Å². The highest BCUT2D eigenvalue weighted by Crippen LogP contribution is 2.17. The number of imide groups is 1. The number of amides is 3. The molecule has 0 aliphatic carbocycles. The highest BCUT2D eigenvalue weighted by atomic mass is 79.9. The van der Waals surface area contributed by atoms with E-state index in [1.807, 2.05) is 0 Å². The van der Waals surface area contributed by atoms with Gasteiger partial charge in [0.25, 0.3) is 11.5 Å². The molecule has 10 nitrogen and oxygen atoms in total. The lowest BCUT2D eigenvalue weighted by molar-refractivity contribution is -0.128. The van der Waals surface area contributed by atoms with Crippen LogP contribution >= 0.6 is 15.9 Å². The summed E-state index contributed by atoms with van der Waals surface area (Å²) in [5, 5.41) is 2.54. The van der Waals surface area contributed by atoms with Gasteiger partial charge in [0.1, 0.15) is 6.54 Å². The van der Waals surface area contributed by atoms with Crippen molar-refractivity contribution in [1.29, 1.82) is 0 Å². The Morgan fingerprint density at radius 3 is 2.57 bits per heavy atom. The molecule has 1 N–H and O–H groups in total. The van der Waals surface area contributed by atoms with Crippen LogP contribution in [0.3, 0.4) is 0 Å². The van der Waals surface area contributed by atoms with E-state index in [1.165, 1.54) is 23.2 Å². The second-order valence-electron chi connectivity index (χ2n) is 5.12. The van der Waals surface area contributed by atoms with Gasteiger partial charge in [-0.3, -0.25) is 28.2 Å². The van der Waals surface area contributed by atoms with Crippen molar-refractivity contribution in [3.8, 4) is 0 Å². The normalized spacial score (nSPS) is 14.6. The van der Waals surface area contributed by atoms with Crippen LogP contribution in [0.5, 0.6) is 0 Å². The first kappa shape index (κ1) is 15.5. The lowest BCUT2D eigenvalue weighted by Gasteiger charge is -2.14. The largest absolute Gasteiger partial charge is 0.336 e. The zero-order valence-corrected chi connectivity index (χ0v) is 14.0. The number of aromatic nitrogens is 4. The van der Waals surface area contributed by atoms with E-state index < -0.39 is 23.2 Å². The monoisotopic (exact) mass is 384 g/mol. The zero-order valence-electron chi connectivity index (χ0n) is 12.4. The molecule has 0 bridgehead atoms. The second-order valence-corrected chi connectivity index (χ2v) is 5.83. The second kappa shape index (κ2) is 5.33. The molecule has 0 saturated carbocycles. The summed E-state index contributed by atoms with van der Waals surface area (Å²) in [6.07, 6.45) is 0. The quantitative estimate of drug-likeness (QED) is 0.650. The summed E-state index contributed by atoms with van der Waals surface area (Å²) in [4.78, 5) is 53.2. The lowest BCUT2D eigenvalue weighted by Crippen LogP contribution is -2.39. The van der Waals surface area contributed by atoms with E-state index >= 15 is 0 Å². The Bertz CT molecular complexity index is 955. The molecule has 0 spiro atoms. The van der Waals surface area contributed by atoms with Gasteiger partial charge in [0.2, 0.25) is 0 Å². The summed E-state index contributed by atoms with van der Waals surface area (Å²) in [6, 6.07) is -0.458. The number of imidazole rings is 1. The van der Waals surface area contributed by atoms with Gasteiger partial charge in [-0.25, -0.2) is 14.6 Å². The maximum absolute atomic E-state index is 12.3. The summed E-state index contributed by atoms with van der Waals surface area (Å²) in [5.74, 6) is -0.451. The van der Waals surface area contributed by atoms with Crippen molar-refractivity contribution >= 4 is 39.0 Å². The molecule has 2 aromatic heterocycles. The van der Waals surface area contributed by atoms with Gasteiger partial charge in [0.15, 0.2) is 15.9 Å². The number of rotatable bonds is 2. The Kier molecular flexibility index (Phi) is 3.59. The predicted octanol–water partition coefficient (Wildman–Crippen LogP) is -1.25. The van der Waals surface area contributed by atoms with E-state index in [2.05, 4.69) is 26.2 Å². The van der Waals surface area contributed by atoms with Gasteiger partial charge in [-0.2, -0.15) is 0 Å². The molecule has 11 heteroatoms. The van der Waals surface area contributed by atoms with Crippen LogP contribution in [0.1, 0.15) is 0 Å². The van der Waals surface area contributed by atoms with Gasteiger partial charge in [-0.1, -0.05) is 0 Å². The molecular weight excluding hydrogens is 372 g/mol.